The molecular formula is C19H20BrFN2O6S. The number of hydrogen-bond acceptors (Lipinski definition) is 6. The summed E-state index contributed by atoms with van der Waals surface area (Å²) in [5, 5.41) is 22.9. The Labute approximate surface area is 181 Å². The van der Waals surface area contributed by atoms with Gasteiger partial charge in [-0.05, 0) is 48.6 Å². The van der Waals surface area contributed by atoms with Crippen LogP contribution in [0.25, 0.3) is 0 Å². The summed E-state index contributed by atoms with van der Waals surface area (Å²) in [4.78, 5) is 12.0. The summed E-state index contributed by atoms with van der Waals surface area (Å²) in [5.74, 6) is -3.30. The number of amides is 1. The van der Waals surface area contributed by atoms with E-state index in [0.29, 0.717) is 17.3 Å². The number of carbonyl (C=O) groups excluding carboxylic acids is 1. The van der Waals surface area contributed by atoms with Gasteiger partial charge in [-0.25, -0.2) is 12.8 Å². The van der Waals surface area contributed by atoms with Crippen LogP contribution in [-0.2, 0) is 14.8 Å². The lowest BCUT2D eigenvalue weighted by Gasteiger charge is -2.16. The third kappa shape index (κ3) is 4.68. The number of rotatable bonds is 8. The van der Waals surface area contributed by atoms with Gasteiger partial charge in [0.15, 0.2) is 5.75 Å². The molecule has 0 radical (unpaired) electrons. The number of hydrogen-bond donors (Lipinski definition) is 4. The average Bonchev–Trinajstić information content (AvgIpc) is 3.51. The minimum atomic E-state index is -4.35. The number of benzene rings is 2. The van der Waals surface area contributed by atoms with Crippen molar-refractivity contribution in [2.24, 2.45) is 0 Å². The number of sulfonamides is 1. The van der Waals surface area contributed by atoms with Crippen LogP contribution in [0.15, 0.2) is 33.6 Å². The number of anilines is 1. The molecule has 0 spiro atoms. The molecular weight excluding hydrogens is 483 g/mol. The van der Waals surface area contributed by atoms with Crippen molar-refractivity contribution in [1.29, 1.82) is 0 Å². The fourth-order valence-electron chi connectivity index (χ4n) is 2.90. The van der Waals surface area contributed by atoms with Gasteiger partial charge in [0.2, 0.25) is 0 Å². The van der Waals surface area contributed by atoms with Crippen LogP contribution in [0.4, 0.5) is 10.1 Å². The van der Waals surface area contributed by atoms with Crippen LogP contribution in [0.1, 0.15) is 34.7 Å². The Morgan fingerprint density at radius 3 is 2.63 bits per heavy atom. The van der Waals surface area contributed by atoms with Crippen LogP contribution in [0.5, 0.6) is 11.5 Å². The summed E-state index contributed by atoms with van der Waals surface area (Å²) < 4.78 is 47.9. The molecule has 1 saturated carbocycles. The third-order valence-electron chi connectivity index (χ3n) is 4.56. The molecule has 3 rings (SSSR count). The monoisotopic (exact) mass is 502 g/mol. The molecule has 0 bridgehead atoms. The molecule has 11 heteroatoms. The molecule has 8 nitrogen and oxygen atoms in total. The molecule has 0 unspecified atom stereocenters. The first-order chi connectivity index (χ1) is 14.2. The van der Waals surface area contributed by atoms with Crippen molar-refractivity contribution in [3.05, 3.63) is 45.7 Å². The van der Waals surface area contributed by atoms with Gasteiger partial charge in [-0.1, -0.05) is 15.9 Å². The summed E-state index contributed by atoms with van der Waals surface area (Å²) in [6, 6.07) is 5.00. The number of aromatic hydroxyl groups is 2. The molecule has 2 aromatic rings. The predicted molar refractivity (Wildman–Crippen MR) is 111 cm³/mol. The highest BCUT2D eigenvalue weighted by molar-refractivity contribution is 9.10. The maximum absolute atomic E-state index is 15.0. The summed E-state index contributed by atoms with van der Waals surface area (Å²) >= 11 is 3.13. The third-order valence-corrected chi connectivity index (χ3v) is 6.44. The maximum atomic E-state index is 15.0. The van der Waals surface area contributed by atoms with E-state index in [0.717, 1.165) is 0 Å². The van der Waals surface area contributed by atoms with Crippen molar-refractivity contribution in [1.82, 2.24) is 5.32 Å². The quantitative estimate of drug-likeness (QED) is 0.324. The Morgan fingerprint density at radius 2 is 2.00 bits per heavy atom. The Bertz CT molecular complexity index is 1090. The summed E-state index contributed by atoms with van der Waals surface area (Å²) in [6.07, 6.45) is 1.37. The van der Waals surface area contributed by atoms with E-state index < -0.39 is 43.7 Å². The minimum absolute atomic E-state index is 0.0782. The second-order valence-corrected chi connectivity index (χ2v) is 9.36. The molecule has 0 aromatic heterocycles. The second kappa shape index (κ2) is 8.78. The number of ether oxygens (including phenoxy) is 1. The van der Waals surface area contributed by atoms with Crippen molar-refractivity contribution in [2.75, 3.05) is 25.0 Å². The molecule has 30 heavy (non-hydrogen) atoms. The van der Waals surface area contributed by atoms with E-state index >= 15 is 0 Å². The zero-order valence-corrected chi connectivity index (χ0v) is 18.3. The van der Waals surface area contributed by atoms with E-state index in [1.807, 2.05) is 0 Å². The number of halogens is 2. The number of nitrogens with one attached hydrogen (secondary N) is 2. The van der Waals surface area contributed by atoms with Crippen molar-refractivity contribution < 1.29 is 32.6 Å². The zero-order valence-electron chi connectivity index (χ0n) is 15.9. The Kier molecular flexibility index (Phi) is 6.53. The summed E-state index contributed by atoms with van der Waals surface area (Å²) in [7, 11) is -2.92. The fraction of sp³-hybridized carbons (Fsp3) is 0.316. The highest BCUT2D eigenvalue weighted by atomic mass is 79.9. The van der Waals surface area contributed by atoms with Crippen molar-refractivity contribution >= 4 is 37.5 Å². The molecule has 0 saturated heterocycles. The van der Waals surface area contributed by atoms with Gasteiger partial charge in [0.05, 0.1) is 12.3 Å². The lowest BCUT2D eigenvalue weighted by atomic mass is 10.0. The second-order valence-electron chi connectivity index (χ2n) is 6.79. The largest absolute Gasteiger partial charge is 0.507 e. The van der Waals surface area contributed by atoms with Gasteiger partial charge in [0, 0.05) is 18.1 Å². The standard InChI is InChI=1S/C19H20BrFN2O6S/c1-29-7-6-22-19(26)16-17(21)12(10-2-3-10)9-13(18(16)25)23-30(27,28)15-8-11(20)4-5-14(15)24/h4-5,8-10,23-25H,2-3,6-7H2,1H3,(H,22,26). The van der Waals surface area contributed by atoms with Gasteiger partial charge in [0.1, 0.15) is 22.0 Å². The highest BCUT2D eigenvalue weighted by Gasteiger charge is 2.33. The van der Waals surface area contributed by atoms with E-state index in [-0.39, 0.29) is 30.3 Å². The van der Waals surface area contributed by atoms with Gasteiger partial charge in [0.25, 0.3) is 15.9 Å². The van der Waals surface area contributed by atoms with E-state index in [1.54, 1.807) is 0 Å². The number of phenols is 2. The van der Waals surface area contributed by atoms with Gasteiger partial charge in [-0.3, -0.25) is 9.52 Å². The van der Waals surface area contributed by atoms with Crippen molar-refractivity contribution in [3.63, 3.8) is 0 Å². The molecule has 4 N–H and O–H groups in total. The van der Waals surface area contributed by atoms with Gasteiger partial charge in [-0.2, -0.15) is 0 Å². The fourth-order valence-corrected chi connectivity index (χ4v) is 4.60. The SMILES string of the molecule is COCCNC(=O)c1c(O)c(NS(=O)(=O)c2cc(Br)ccc2O)cc(C2CC2)c1F. The summed E-state index contributed by atoms with van der Waals surface area (Å²) in [6.45, 7) is 0.257. The molecule has 0 heterocycles. The van der Waals surface area contributed by atoms with E-state index in [9.17, 15) is 27.8 Å². The van der Waals surface area contributed by atoms with E-state index in [4.69, 9.17) is 4.74 Å². The van der Waals surface area contributed by atoms with Crippen molar-refractivity contribution in [3.8, 4) is 11.5 Å². The highest BCUT2D eigenvalue weighted by Crippen LogP contribution is 2.46. The first-order valence-corrected chi connectivity index (χ1v) is 11.3. The lowest BCUT2D eigenvalue weighted by molar-refractivity contribution is 0.0930. The molecule has 1 aliphatic carbocycles. The first kappa shape index (κ1) is 22.3. The Balaban J connectivity index is 2.04. The average molecular weight is 503 g/mol. The van der Waals surface area contributed by atoms with Crippen LogP contribution in [0.2, 0.25) is 0 Å². The van der Waals surface area contributed by atoms with E-state index in [2.05, 4.69) is 26.0 Å². The Hall–Kier alpha value is -2.37. The Morgan fingerprint density at radius 1 is 1.30 bits per heavy atom. The topological polar surface area (TPSA) is 125 Å². The molecule has 0 atom stereocenters. The van der Waals surface area contributed by atoms with Gasteiger partial charge < -0.3 is 20.3 Å². The van der Waals surface area contributed by atoms with E-state index in [1.165, 1.54) is 31.4 Å². The maximum Gasteiger partial charge on any atom is 0.265 e. The first-order valence-electron chi connectivity index (χ1n) is 8.99. The molecule has 162 valence electrons. The lowest BCUT2D eigenvalue weighted by Crippen LogP contribution is -2.28. The summed E-state index contributed by atoms with van der Waals surface area (Å²) in [5.41, 5.74) is -0.859. The molecule has 2 aromatic carbocycles. The van der Waals surface area contributed by atoms with Crippen molar-refractivity contribution in [2.45, 2.75) is 23.7 Å². The van der Waals surface area contributed by atoms with Gasteiger partial charge in [-0.15, -0.1) is 0 Å². The smallest absolute Gasteiger partial charge is 0.265 e. The van der Waals surface area contributed by atoms with Gasteiger partial charge >= 0.3 is 0 Å². The predicted octanol–water partition coefficient (Wildman–Crippen LogP) is 3.05. The minimum Gasteiger partial charge on any atom is -0.507 e. The van der Waals surface area contributed by atoms with Crippen LogP contribution < -0.4 is 10.0 Å². The molecule has 1 fully saturated rings. The molecule has 1 aliphatic rings. The number of methoxy groups -OCH3 is 1. The number of phenolic OH excluding ortho intramolecular Hbond substituents is 2. The number of carbonyl (C=O) groups is 1. The van der Waals surface area contributed by atoms with Crippen LogP contribution in [-0.4, -0.2) is 44.8 Å². The molecule has 1 amide bonds. The molecule has 0 aliphatic heterocycles. The van der Waals surface area contributed by atoms with Crippen LogP contribution >= 0.6 is 15.9 Å². The zero-order chi connectivity index (χ0) is 22.1. The van der Waals surface area contributed by atoms with Crippen LogP contribution in [0.3, 0.4) is 0 Å². The normalized spacial score (nSPS) is 13.8. The van der Waals surface area contributed by atoms with Crippen LogP contribution in [0, 0.1) is 5.82 Å².